The molecule has 2 heteroatoms. The van der Waals surface area contributed by atoms with E-state index < -0.39 is 0 Å². The molecule has 1 aliphatic rings. The highest BCUT2D eigenvalue weighted by atomic mass is 16.5. The summed E-state index contributed by atoms with van der Waals surface area (Å²) >= 11 is 0. The summed E-state index contributed by atoms with van der Waals surface area (Å²) in [6.45, 7) is 2.06. The van der Waals surface area contributed by atoms with E-state index in [2.05, 4.69) is 19.1 Å². The standard InChI is InChI=1S/C14H15NO/c1-14(10-6-3-7-11-14)12-15(16)13-8-4-2-5-9-13/h2-10,12H,11H2,1H3. The Hall–Kier alpha value is -1.83. The maximum Gasteiger partial charge on any atom is 0.216 e. The van der Waals surface area contributed by atoms with Crippen molar-refractivity contribution in [2.45, 2.75) is 13.3 Å². The third kappa shape index (κ3) is 2.40. The lowest BCUT2D eigenvalue weighted by atomic mass is 9.85. The van der Waals surface area contributed by atoms with Crippen molar-refractivity contribution in [3.63, 3.8) is 0 Å². The molecule has 0 bridgehead atoms. The van der Waals surface area contributed by atoms with Gasteiger partial charge in [0, 0.05) is 12.1 Å². The summed E-state index contributed by atoms with van der Waals surface area (Å²) in [6, 6.07) is 9.27. The molecule has 0 aromatic heterocycles. The van der Waals surface area contributed by atoms with Crippen molar-refractivity contribution in [3.05, 3.63) is 59.8 Å². The van der Waals surface area contributed by atoms with E-state index in [4.69, 9.17) is 0 Å². The number of allylic oxidation sites excluding steroid dienone is 4. The van der Waals surface area contributed by atoms with Crippen LogP contribution >= 0.6 is 0 Å². The van der Waals surface area contributed by atoms with E-state index in [0.29, 0.717) is 5.69 Å². The minimum Gasteiger partial charge on any atom is -0.618 e. The molecular weight excluding hydrogens is 198 g/mol. The third-order valence-corrected chi connectivity index (χ3v) is 2.70. The number of benzene rings is 1. The lowest BCUT2D eigenvalue weighted by Gasteiger charge is -2.20. The number of hydrogen-bond donors (Lipinski definition) is 0. The van der Waals surface area contributed by atoms with Crippen molar-refractivity contribution < 1.29 is 4.74 Å². The van der Waals surface area contributed by atoms with Crippen LogP contribution < -0.4 is 0 Å². The van der Waals surface area contributed by atoms with Crippen LogP contribution in [0.1, 0.15) is 13.3 Å². The average Bonchev–Trinajstić information content (AvgIpc) is 2.30. The van der Waals surface area contributed by atoms with Gasteiger partial charge in [-0.05, 0) is 13.3 Å². The van der Waals surface area contributed by atoms with Crippen LogP contribution in [0.2, 0.25) is 0 Å². The van der Waals surface area contributed by atoms with Gasteiger partial charge < -0.3 is 5.21 Å². The molecule has 1 unspecified atom stereocenters. The summed E-state index contributed by atoms with van der Waals surface area (Å²) in [4.78, 5) is 0. The number of hydrogen-bond acceptors (Lipinski definition) is 1. The highest BCUT2D eigenvalue weighted by Gasteiger charge is 2.23. The molecule has 2 nitrogen and oxygen atoms in total. The number of nitrogens with zero attached hydrogens (tertiary/aromatic N) is 1. The van der Waals surface area contributed by atoms with Gasteiger partial charge in [0.05, 0.1) is 5.41 Å². The normalized spacial score (nSPS) is 24.7. The van der Waals surface area contributed by atoms with E-state index in [0.717, 1.165) is 11.2 Å². The Kier molecular flexibility index (Phi) is 2.91. The molecule has 0 aliphatic heterocycles. The SMILES string of the molecule is CC1(C=[N+]([O-])c2ccccc2)C=CC=CC1. The first-order chi connectivity index (χ1) is 7.70. The van der Waals surface area contributed by atoms with Gasteiger partial charge >= 0.3 is 0 Å². The minimum atomic E-state index is -0.174. The Balaban J connectivity index is 2.25. The summed E-state index contributed by atoms with van der Waals surface area (Å²) < 4.78 is 0.948. The van der Waals surface area contributed by atoms with Gasteiger partial charge in [0.25, 0.3) is 0 Å². The molecule has 0 fully saturated rings. The van der Waals surface area contributed by atoms with E-state index >= 15 is 0 Å². The first-order valence-corrected chi connectivity index (χ1v) is 5.41. The molecule has 0 amide bonds. The zero-order valence-electron chi connectivity index (χ0n) is 9.34. The lowest BCUT2D eigenvalue weighted by Crippen LogP contribution is -2.20. The number of para-hydroxylation sites is 1. The third-order valence-electron chi connectivity index (χ3n) is 2.70. The van der Waals surface area contributed by atoms with Crippen LogP contribution in [0, 0.1) is 10.6 Å². The van der Waals surface area contributed by atoms with Gasteiger partial charge in [-0.15, -0.1) is 0 Å². The smallest absolute Gasteiger partial charge is 0.216 e. The Labute approximate surface area is 95.8 Å². The van der Waals surface area contributed by atoms with Gasteiger partial charge in [0.15, 0.2) is 6.21 Å². The van der Waals surface area contributed by atoms with E-state index in [1.54, 1.807) is 6.21 Å². The summed E-state index contributed by atoms with van der Waals surface area (Å²) in [6.07, 6.45) is 10.7. The fourth-order valence-corrected chi connectivity index (χ4v) is 1.76. The van der Waals surface area contributed by atoms with Crippen LogP contribution in [0.5, 0.6) is 0 Å². The van der Waals surface area contributed by atoms with Gasteiger partial charge in [-0.25, -0.2) is 0 Å². The molecule has 0 saturated carbocycles. The molecule has 1 aliphatic carbocycles. The Morgan fingerprint density at radius 2 is 2.00 bits per heavy atom. The molecule has 0 radical (unpaired) electrons. The molecule has 2 rings (SSSR count). The topological polar surface area (TPSA) is 26.1 Å². The van der Waals surface area contributed by atoms with Gasteiger partial charge in [0.1, 0.15) is 0 Å². The fourth-order valence-electron chi connectivity index (χ4n) is 1.76. The summed E-state index contributed by atoms with van der Waals surface area (Å²) in [5.74, 6) is 0. The molecule has 0 N–H and O–H groups in total. The minimum absolute atomic E-state index is 0.174. The number of rotatable bonds is 2. The van der Waals surface area contributed by atoms with Crippen LogP contribution in [0.15, 0.2) is 54.6 Å². The van der Waals surface area contributed by atoms with Crippen LogP contribution in [0.4, 0.5) is 5.69 Å². The maximum absolute atomic E-state index is 11.9. The van der Waals surface area contributed by atoms with Crippen LogP contribution in [-0.4, -0.2) is 11.0 Å². The van der Waals surface area contributed by atoms with Gasteiger partial charge in [0.2, 0.25) is 5.69 Å². The summed E-state index contributed by atoms with van der Waals surface area (Å²) in [5, 5.41) is 11.9. The van der Waals surface area contributed by atoms with Crippen LogP contribution in [0.25, 0.3) is 0 Å². The predicted molar refractivity (Wildman–Crippen MR) is 66.8 cm³/mol. The van der Waals surface area contributed by atoms with Crippen molar-refractivity contribution in [1.82, 2.24) is 0 Å². The molecule has 0 saturated heterocycles. The highest BCUT2D eigenvalue weighted by Crippen LogP contribution is 2.25. The van der Waals surface area contributed by atoms with Crippen molar-refractivity contribution in [3.8, 4) is 0 Å². The van der Waals surface area contributed by atoms with E-state index in [-0.39, 0.29) is 5.41 Å². The Morgan fingerprint density at radius 1 is 1.25 bits per heavy atom. The molecule has 1 aromatic carbocycles. The molecular formula is C14H15NO. The first-order valence-electron chi connectivity index (χ1n) is 5.41. The van der Waals surface area contributed by atoms with Crippen molar-refractivity contribution in [2.24, 2.45) is 5.41 Å². The Morgan fingerprint density at radius 3 is 2.62 bits per heavy atom. The summed E-state index contributed by atoms with van der Waals surface area (Å²) in [5.41, 5.74) is 0.499. The molecule has 1 atom stereocenters. The second-order valence-electron chi connectivity index (χ2n) is 4.29. The second-order valence-corrected chi connectivity index (χ2v) is 4.29. The zero-order chi connectivity index (χ0) is 11.4. The quantitative estimate of drug-likeness (QED) is 0.320. The molecule has 16 heavy (non-hydrogen) atoms. The molecule has 0 heterocycles. The first kappa shape index (κ1) is 10.7. The van der Waals surface area contributed by atoms with Crippen molar-refractivity contribution in [2.75, 3.05) is 0 Å². The molecule has 1 aromatic rings. The lowest BCUT2D eigenvalue weighted by molar-refractivity contribution is -0.359. The van der Waals surface area contributed by atoms with Crippen LogP contribution in [-0.2, 0) is 0 Å². The largest absolute Gasteiger partial charge is 0.618 e. The van der Waals surface area contributed by atoms with Gasteiger partial charge in [-0.2, -0.15) is 4.74 Å². The average molecular weight is 213 g/mol. The maximum atomic E-state index is 11.9. The van der Waals surface area contributed by atoms with E-state index in [9.17, 15) is 5.21 Å². The van der Waals surface area contributed by atoms with Gasteiger partial charge in [-0.1, -0.05) is 42.5 Å². The van der Waals surface area contributed by atoms with Gasteiger partial charge in [-0.3, -0.25) is 0 Å². The van der Waals surface area contributed by atoms with E-state index in [1.165, 1.54) is 0 Å². The highest BCUT2D eigenvalue weighted by molar-refractivity contribution is 5.66. The van der Waals surface area contributed by atoms with Crippen molar-refractivity contribution in [1.29, 1.82) is 0 Å². The van der Waals surface area contributed by atoms with Crippen molar-refractivity contribution >= 4 is 11.9 Å². The van der Waals surface area contributed by atoms with Crippen LogP contribution in [0.3, 0.4) is 0 Å². The second kappa shape index (κ2) is 4.35. The fraction of sp³-hybridized carbons (Fsp3) is 0.214. The Bertz CT molecular complexity index is 445. The van der Waals surface area contributed by atoms with E-state index in [1.807, 2.05) is 42.5 Å². The molecule has 82 valence electrons. The zero-order valence-corrected chi connectivity index (χ0v) is 9.34. The summed E-state index contributed by atoms with van der Waals surface area (Å²) in [7, 11) is 0. The monoisotopic (exact) mass is 213 g/mol. The predicted octanol–water partition coefficient (Wildman–Crippen LogP) is 3.42. The molecule has 0 spiro atoms.